The van der Waals surface area contributed by atoms with E-state index in [1.807, 2.05) is 0 Å². The molecule has 9 heteroatoms. The monoisotopic (exact) mass is 503 g/mol. The molecule has 0 saturated carbocycles. The van der Waals surface area contributed by atoms with Gasteiger partial charge in [0, 0.05) is 49.2 Å². The molecule has 0 unspecified atom stereocenters. The highest BCUT2D eigenvalue weighted by Gasteiger charge is 2.29. The molecule has 1 aromatic heterocycles. The maximum atomic E-state index is 12.8. The van der Waals surface area contributed by atoms with Crippen molar-refractivity contribution in [1.82, 2.24) is 15.2 Å². The Labute approximate surface area is 207 Å². The fraction of sp³-hybridized carbons (Fsp3) is 0.360. The lowest BCUT2D eigenvalue weighted by Gasteiger charge is -2.36. The van der Waals surface area contributed by atoms with E-state index in [1.165, 1.54) is 6.20 Å². The molecule has 7 nitrogen and oxygen atoms in total. The number of hydrogen-bond donors (Lipinski definition) is 3. The summed E-state index contributed by atoms with van der Waals surface area (Å²) in [7, 11) is 0. The Balaban J connectivity index is 1.28. The zero-order valence-corrected chi connectivity index (χ0v) is 20.3. The quantitative estimate of drug-likeness (QED) is 0.455. The van der Waals surface area contributed by atoms with E-state index >= 15 is 0 Å². The first-order chi connectivity index (χ1) is 16.2. The van der Waals surface area contributed by atoms with Gasteiger partial charge in [-0.3, -0.25) is 9.59 Å². The number of hydrogen-bond acceptors (Lipinski definition) is 5. The summed E-state index contributed by atoms with van der Waals surface area (Å²) in [4.78, 5) is 29.5. The third kappa shape index (κ3) is 5.91. The van der Waals surface area contributed by atoms with E-state index in [1.54, 1.807) is 49.4 Å². The van der Waals surface area contributed by atoms with Gasteiger partial charge in [0.2, 0.25) is 0 Å². The Morgan fingerprint density at radius 2 is 1.88 bits per heavy atom. The number of nitrogens with zero attached hydrogens (tertiary/aromatic N) is 1. The topological polar surface area (TPSA) is 94.7 Å². The number of pyridine rings is 1. The molecule has 1 aliphatic rings. The Morgan fingerprint density at radius 3 is 2.59 bits per heavy atom. The second-order valence-electron chi connectivity index (χ2n) is 8.93. The van der Waals surface area contributed by atoms with Crippen LogP contribution in [-0.2, 0) is 0 Å². The van der Waals surface area contributed by atoms with Crippen molar-refractivity contribution in [3.05, 3.63) is 74.6 Å². The number of likely N-dealkylation sites (tertiary alicyclic amines) is 1. The minimum atomic E-state index is -1.12. The molecule has 0 radical (unpaired) electrons. The fourth-order valence-corrected chi connectivity index (χ4v) is 4.52. The molecule has 4 rings (SSSR count). The van der Waals surface area contributed by atoms with Crippen molar-refractivity contribution in [3.8, 4) is 5.75 Å². The van der Waals surface area contributed by atoms with Crippen LogP contribution in [0, 0.1) is 0 Å². The van der Waals surface area contributed by atoms with E-state index in [-0.39, 0.29) is 24.1 Å². The molecule has 1 aliphatic heterocycles. The molecular weight excluding hydrogens is 477 g/mol. The van der Waals surface area contributed by atoms with Crippen LogP contribution in [0.5, 0.6) is 5.75 Å². The van der Waals surface area contributed by atoms with Gasteiger partial charge >= 0.3 is 0 Å². The number of H-pyrrole nitrogens is 1. The normalized spacial score (nSPS) is 16.8. The number of aliphatic hydroxyl groups is 1. The number of carbonyl (C=O) groups excluding carboxylic acids is 1. The fourth-order valence-electron chi connectivity index (χ4n) is 4.23. The summed E-state index contributed by atoms with van der Waals surface area (Å²) in [6.07, 6.45) is 3.09. The second-order valence-corrected chi connectivity index (χ2v) is 9.74. The van der Waals surface area contributed by atoms with Gasteiger partial charge in [-0.2, -0.15) is 0 Å². The first-order valence-electron chi connectivity index (χ1n) is 11.2. The number of β-amino-alcohol motifs (C(OH)–C–C–N with tert-alkyl or cyclic N) is 1. The maximum Gasteiger partial charge on any atom is 0.255 e. The number of piperidine rings is 1. The summed E-state index contributed by atoms with van der Waals surface area (Å²) >= 11 is 12.0. The number of carbonyl (C=O) groups is 1. The molecule has 34 heavy (non-hydrogen) atoms. The van der Waals surface area contributed by atoms with Crippen LogP contribution in [0.4, 0.5) is 0 Å². The summed E-state index contributed by atoms with van der Waals surface area (Å²) < 4.78 is 6.03. The largest absolute Gasteiger partial charge is 0.490 e. The highest BCUT2D eigenvalue weighted by molar-refractivity contribution is 6.42. The lowest BCUT2D eigenvalue weighted by molar-refractivity contribution is 0.00229. The predicted octanol–water partition coefficient (Wildman–Crippen LogP) is 3.86. The highest BCUT2D eigenvalue weighted by atomic mass is 35.5. The smallest absolute Gasteiger partial charge is 0.255 e. The number of rotatable bonds is 7. The zero-order chi connectivity index (χ0) is 24.3. The van der Waals surface area contributed by atoms with Crippen LogP contribution in [0.25, 0.3) is 10.8 Å². The average Bonchev–Trinajstić information content (AvgIpc) is 2.81. The molecule has 1 saturated heterocycles. The number of benzene rings is 2. The van der Waals surface area contributed by atoms with Gasteiger partial charge in [-0.15, -0.1) is 0 Å². The Bertz CT molecular complexity index is 1240. The molecule has 1 atom stereocenters. The third-order valence-corrected chi connectivity index (χ3v) is 6.72. The van der Waals surface area contributed by atoms with Gasteiger partial charge in [-0.25, -0.2) is 0 Å². The van der Waals surface area contributed by atoms with Crippen LogP contribution in [-0.4, -0.2) is 58.8 Å². The molecule has 180 valence electrons. The summed E-state index contributed by atoms with van der Waals surface area (Å²) in [5, 5.41) is 15.7. The van der Waals surface area contributed by atoms with Gasteiger partial charge in [0.05, 0.1) is 21.2 Å². The van der Waals surface area contributed by atoms with E-state index in [4.69, 9.17) is 27.9 Å². The molecular formula is C25H27Cl2N3O4. The molecule has 0 aliphatic carbocycles. The lowest BCUT2D eigenvalue weighted by Crippen LogP contribution is -2.51. The minimum Gasteiger partial charge on any atom is -0.490 e. The van der Waals surface area contributed by atoms with Crippen molar-refractivity contribution in [2.75, 3.05) is 26.2 Å². The number of amides is 1. The van der Waals surface area contributed by atoms with E-state index in [2.05, 4.69) is 15.2 Å². The molecule has 1 fully saturated rings. The highest BCUT2D eigenvalue weighted by Crippen LogP contribution is 2.28. The summed E-state index contributed by atoms with van der Waals surface area (Å²) in [6.45, 7) is 3.73. The molecule has 3 N–H and O–H groups in total. The summed E-state index contributed by atoms with van der Waals surface area (Å²) in [5.74, 6) is 0.346. The molecule has 2 heterocycles. The minimum absolute atomic E-state index is 0.0617. The van der Waals surface area contributed by atoms with Gasteiger partial charge in [0.15, 0.2) is 0 Å². The maximum absolute atomic E-state index is 12.8. The Hall–Kier alpha value is -2.58. The summed E-state index contributed by atoms with van der Waals surface area (Å²) in [6, 6.07) is 12.2. The van der Waals surface area contributed by atoms with Crippen molar-refractivity contribution < 1.29 is 14.6 Å². The van der Waals surface area contributed by atoms with Gasteiger partial charge < -0.3 is 25.0 Å². The Kier molecular flexibility index (Phi) is 7.48. The molecule has 1 amide bonds. The van der Waals surface area contributed by atoms with Crippen LogP contribution < -0.4 is 15.6 Å². The summed E-state index contributed by atoms with van der Waals surface area (Å²) in [5.41, 5.74) is -0.998. The van der Waals surface area contributed by atoms with E-state index in [0.717, 1.165) is 25.9 Å². The number of aromatic amines is 1. The molecule has 0 spiro atoms. The lowest BCUT2D eigenvalue weighted by atomic mass is 10.0. The third-order valence-electron chi connectivity index (χ3n) is 5.98. The van der Waals surface area contributed by atoms with Crippen LogP contribution in [0.3, 0.4) is 0 Å². The van der Waals surface area contributed by atoms with Crippen LogP contribution >= 0.6 is 23.2 Å². The van der Waals surface area contributed by atoms with Gasteiger partial charge in [-0.1, -0.05) is 41.4 Å². The van der Waals surface area contributed by atoms with E-state index in [9.17, 15) is 14.7 Å². The number of aromatic nitrogens is 1. The van der Waals surface area contributed by atoms with E-state index in [0.29, 0.717) is 38.7 Å². The zero-order valence-electron chi connectivity index (χ0n) is 18.8. The van der Waals surface area contributed by atoms with Crippen LogP contribution in [0.2, 0.25) is 10.0 Å². The molecule has 3 aromatic rings. The number of ether oxygens (including phenoxy) is 1. The van der Waals surface area contributed by atoms with Gasteiger partial charge in [-0.05, 0) is 38.0 Å². The molecule has 2 aromatic carbocycles. The average molecular weight is 504 g/mol. The van der Waals surface area contributed by atoms with E-state index < -0.39 is 5.60 Å². The number of nitrogens with one attached hydrogen (secondary N) is 2. The second kappa shape index (κ2) is 10.4. The van der Waals surface area contributed by atoms with Crippen molar-refractivity contribution >= 4 is 39.9 Å². The van der Waals surface area contributed by atoms with Crippen LogP contribution in [0.15, 0.2) is 53.5 Å². The molecule has 0 bridgehead atoms. The SMILES string of the molecule is C[C@](O)(CNC(=O)c1c[nH]c(=O)c2ccccc12)CN1CCC(Oc2ccc(Cl)c(Cl)c2)CC1. The number of halogens is 2. The van der Waals surface area contributed by atoms with Crippen LogP contribution in [0.1, 0.15) is 30.1 Å². The van der Waals surface area contributed by atoms with Crippen molar-refractivity contribution in [2.45, 2.75) is 31.5 Å². The first-order valence-corrected chi connectivity index (χ1v) is 11.9. The van der Waals surface area contributed by atoms with Gasteiger partial charge in [0.25, 0.3) is 11.5 Å². The standard InChI is InChI=1S/C25H27Cl2N3O4/c1-25(33,14-29-24(32)20-13-28-23(31)19-5-3-2-4-18(19)20)15-30-10-8-16(9-11-30)34-17-6-7-21(26)22(27)12-17/h2-7,12-13,16,33H,8-11,14-15H2,1H3,(H,28,31)(H,29,32)/t25-/m0/s1. The van der Waals surface area contributed by atoms with Crippen molar-refractivity contribution in [2.24, 2.45) is 0 Å². The van der Waals surface area contributed by atoms with Gasteiger partial charge in [0.1, 0.15) is 11.9 Å². The predicted molar refractivity (Wildman–Crippen MR) is 134 cm³/mol. The first kappa shape index (κ1) is 24.5. The Morgan fingerprint density at radius 1 is 1.18 bits per heavy atom. The van der Waals surface area contributed by atoms with Crippen molar-refractivity contribution in [3.63, 3.8) is 0 Å². The number of fused-ring (bicyclic) bond motifs is 1. The van der Waals surface area contributed by atoms with Crippen molar-refractivity contribution in [1.29, 1.82) is 0 Å².